The minimum atomic E-state index is -0.106. The minimum absolute atomic E-state index is 0.0410. The first kappa shape index (κ1) is 21.7. The van der Waals surface area contributed by atoms with Crippen LogP contribution in [0.3, 0.4) is 0 Å². The van der Waals surface area contributed by atoms with E-state index in [4.69, 9.17) is 23.8 Å². The van der Waals surface area contributed by atoms with Crippen molar-refractivity contribution in [3.05, 3.63) is 80.8 Å². The number of thiocarbonyl (C=S) groups is 1. The molecule has 8 heteroatoms. The first-order valence-electron chi connectivity index (χ1n) is 10.0. The lowest BCUT2D eigenvalue weighted by Crippen LogP contribution is -2.32. The SMILES string of the molecule is Cc1ccc(C)c(NC(=O)CCN2C(=S)N[C@@H](c3ccccn3)[C@H]2c2ccc(Cl)s2)c1. The van der Waals surface area contributed by atoms with Gasteiger partial charge in [-0.05, 0) is 67.5 Å². The fourth-order valence-corrected chi connectivity index (χ4v) is 5.29. The maximum atomic E-state index is 12.7. The van der Waals surface area contributed by atoms with E-state index in [2.05, 4.69) is 20.5 Å². The molecular formula is C23H23ClN4OS2. The van der Waals surface area contributed by atoms with Crippen molar-refractivity contribution in [2.75, 3.05) is 11.9 Å². The number of nitrogens with one attached hydrogen (secondary N) is 2. The normalized spacial score (nSPS) is 18.2. The molecule has 2 atom stereocenters. The van der Waals surface area contributed by atoms with Crippen molar-refractivity contribution < 1.29 is 4.79 Å². The maximum Gasteiger partial charge on any atom is 0.226 e. The van der Waals surface area contributed by atoms with Crippen LogP contribution in [0.5, 0.6) is 0 Å². The molecule has 0 spiro atoms. The van der Waals surface area contributed by atoms with Crippen LogP contribution < -0.4 is 10.6 Å². The highest BCUT2D eigenvalue weighted by atomic mass is 35.5. The van der Waals surface area contributed by atoms with Crippen LogP contribution in [0.15, 0.2) is 54.7 Å². The van der Waals surface area contributed by atoms with E-state index in [-0.39, 0.29) is 18.0 Å². The number of carbonyl (C=O) groups is 1. The Morgan fingerprint density at radius 3 is 2.81 bits per heavy atom. The molecule has 4 rings (SSSR count). The fourth-order valence-electron chi connectivity index (χ4n) is 3.75. The third-order valence-corrected chi connectivity index (χ3v) is 6.98. The summed E-state index contributed by atoms with van der Waals surface area (Å²) in [6, 6.07) is 15.6. The van der Waals surface area contributed by atoms with Crippen molar-refractivity contribution in [2.45, 2.75) is 32.4 Å². The molecule has 2 N–H and O–H groups in total. The number of aromatic nitrogens is 1. The molecule has 160 valence electrons. The summed E-state index contributed by atoms with van der Waals surface area (Å²) >= 11 is 13.4. The van der Waals surface area contributed by atoms with Crippen LogP contribution in [0.25, 0.3) is 0 Å². The van der Waals surface area contributed by atoms with Crippen LogP contribution >= 0.6 is 35.2 Å². The van der Waals surface area contributed by atoms with Crippen molar-refractivity contribution in [1.29, 1.82) is 0 Å². The van der Waals surface area contributed by atoms with Crippen molar-refractivity contribution >= 4 is 51.9 Å². The third kappa shape index (κ3) is 4.89. The molecule has 0 radical (unpaired) electrons. The molecule has 1 aliphatic rings. The van der Waals surface area contributed by atoms with E-state index < -0.39 is 0 Å². The number of hydrogen-bond acceptors (Lipinski definition) is 4. The number of thiophene rings is 1. The maximum absolute atomic E-state index is 12.7. The highest BCUT2D eigenvalue weighted by Gasteiger charge is 2.40. The van der Waals surface area contributed by atoms with E-state index >= 15 is 0 Å². The summed E-state index contributed by atoms with van der Waals surface area (Å²) in [7, 11) is 0. The van der Waals surface area contributed by atoms with Gasteiger partial charge < -0.3 is 15.5 Å². The van der Waals surface area contributed by atoms with Crippen LogP contribution in [0.2, 0.25) is 4.34 Å². The average molecular weight is 471 g/mol. The van der Waals surface area contributed by atoms with Crippen molar-refractivity contribution in [3.8, 4) is 0 Å². The number of hydrogen-bond donors (Lipinski definition) is 2. The van der Waals surface area contributed by atoms with Crippen LogP contribution in [0.1, 0.15) is 40.2 Å². The average Bonchev–Trinajstić information content (AvgIpc) is 3.32. The molecule has 3 heterocycles. The second-order valence-corrected chi connectivity index (χ2v) is 9.71. The highest BCUT2D eigenvalue weighted by molar-refractivity contribution is 7.80. The summed E-state index contributed by atoms with van der Waals surface area (Å²) in [5.41, 5.74) is 3.90. The Morgan fingerprint density at radius 2 is 2.10 bits per heavy atom. The van der Waals surface area contributed by atoms with E-state index in [1.807, 2.05) is 62.4 Å². The lowest BCUT2D eigenvalue weighted by Gasteiger charge is -2.26. The van der Waals surface area contributed by atoms with Gasteiger partial charge in [-0.3, -0.25) is 9.78 Å². The number of aryl methyl sites for hydroxylation is 2. The number of nitrogens with zero attached hydrogens (tertiary/aromatic N) is 2. The molecule has 1 aromatic carbocycles. The molecule has 0 unspecified atom stereocenters. The Morgan fingerprint density at radius 1 is 1.26 bits per heavy atom. The number of rotatable bonds is 6. The molecule has 5 nitrogen and oxygen atoms in total. The Bertz CT molecular complexity index is 1100. The Hall–Kier alpha value is -2.48. The van der Waals surface area contributed by atoms with Crippen LogP contribution in [-0.4, -0.2) is 27.4 Å². The van der Waals surface area contributed by atoms with Gasteiger partial charge in [-0.2, -0.15) is 0 Å². The van der Waals surface area contributed by atoms with Crippen molar-refractivity contribution in [2.24, 2.45) is 0 Å². The van der Waals surface area contributed by atoms with Gasteiger partial charge in [0.2, 0.25) is 5.91 Å². The van der Waals surface area contributed by atoms with Gasteiger partial charge in [0, 0.05) is 29.7 Å². The molecule has 0 aliphatic carbocycles. The molecular weight excluding hydrogens is 448 g/mol. The van der Waals surface area contributed by atoms with Gasteiger partial charge in [0.05, 0.1) is 22.1 Å². The largest absolute Gasteiger partial charge is 0.352 e. The predicted molar refractivity (Wildman–Crippen MR) is 131 cm³/mol. The first-order chi connectivity index (χ1) is 14.9. The number of amides is 1. The van der Waals surface area contributed by atoms with Crippen LogP contribution in [0, 0.1) is 13.8 Å². The standard InChI is InChI=1S/C23H23ClN4OS2/c1-14-6-7-15(2)17(13-14)26-20(29)10-12-28-22(18-8-9-19(24)31-18)21(27-23(28)30)16-5-3-4-11-25-16/h3-9,11,13,21-22H,10,12H2,1-2H3,(H,26,29)(H,27,30)/t21-,22+/m0/s1. The van der Waals surface area contributed by atoms with Crippen molar-refractivity contribution in [1.82, 2.24) is 15.2 Å². The molecule has 2 aromatic heterocycles. The van der Waals surface area contributed by atoms with Crippen LogP contribution in [-0.2, 0) is 4.79 Å². The number of halogens is 1. The highest BCUT2D eigenvalue weighted by Crippen LogP contribution is 2.42. The zero-order chi connectivity index (χ0) is 22.0. The van der Waals surface area contributed by atoms with Gasteiger partial charge in [-0.15, -0.1) is 11.3 Å². The zero-order valence-corrected chi connectivity index (χ0v) is 19.7. The molecule has 1 fully saturated rings. The van der Waals surface area contributed by atoms with Crippen molar-refractivity contribution in [3.63, 3.8) is 0 Å². The number of pyridine rings is 1. The minimum Gasteiger partial charge on any atom is -0.352 e. The van der Waals surface area contributed by atoms with E-state index in [1.165, 1.54) is 11.3 Å². The Labute approximate surface area is 196 Å². The van der Waals surface area contributed by atoms with E-state index in [9.17, 15) is 4.79 Å². The smallest absolute Gasteiger partial charge is 0.226 e. The lowest BCUT2D eigenvalue weighted by atomic mass is 10.0. The van der Waals surface area contributed by atoms with Gasteiger partial charge in [0.25, 0.3) is 0 Å². The molecule has 1 amide bonds. The number of carbonyl (C=O) groups excluding carboxylic acids is 1. The predicted octanol–water partition coefficient (Wildman–Crippen LogP) is 5.41. The lowest BCUT2D eigenvalue weighted by molar-refractivity contribution is -0.116. The number of benzene rings is 1. The topological polar surface area (TPSA) is 57.3 Å². The van der Waals surface area contributed by atoms with E-state index in [0.29, 0.717) is 18.1 Å². The van der Waals surface area contributed by atoms with Gasteiger partial charge in [-0.25, -0.2) is 0 Å². The molecule has 1 saturated heterocycles. The summed E-state index contributed by atoms with van der Waals surface area (Å²) in [6.07, 6.45) is 2.10. The summed E-state index contributed by atoms with van der Waals surface area (Å²) < 4.78 is 0.722. The van der Waals surface area contributed by atoms with Gasteiger partial charge >= 0.3 is 0 Å². The second kappa shape index (κ2) is 9.34. The number of anilines is 1. The second-order valence-electron chi connectivity index (χ2n) is 7.58. The summed E-state index contributed by atoms with van der Waals surface area (Å²) in [4.78, 5) is 20.4. The van der Waals surface area contributed by atoms with Gasteiger partial charge in [0.15, 0.2) is 5.11 Å². The summed E-state index contributed by atoms with van der Waals surface area (Å²) in [5.74, 6) is -0.0410. The molecule has 0 saturated carbocycles. The molecule has 3 aromatic rings. The van der Waals surface area contributed by atoms with E-state index in [1.54, 1.807) is 6.20 Å². The van der Waals surface area contributed by atoms with Gasteiger partial charge in [-0.1, -0.05) is 29.8 Å². The van der Waals surface area contributed by atoms with Crippen LogP contribution in [0.4, 0.5) is 5.69 Å². The Balaban J connectivity index is 1.52. The molecule has 31 heavy (non-hydrogen) atoms. The van der Waals surface area contributed by atoms with E-state index in [0.717, 1.165) is 31.7 Å². The third-order valence-electron chi connectivity index (χ3n) is 5.33. The monoisotopic (exact) mass is 470 g/mol. The summed E-state index contributed by atoms with van der Waals surface area (Å²) in [5, 5.41) is 7.04. The Kier molecular flexibility index (Phi) is 6.55. The fraction of sp³-hybridized carbons (Fsp3) is 0.261. The summed E-state index contributed by atoms with van der Waals surface area (Å²) in [6.45, 7) is 4.49. The zero-order valence-electron chi connectivity index (χ0n) is 17.3. The molecule has 1 aliphatic heterocycles. The molecule has 0 bridgehead atoms. The first-order valence-corrected chi connectivity index (χ1v) is 11.6. The van der Waals surface area contributed by atoms with Gasteiger partial charge in [0.1, 0.15) is 0 Å². The quantitative estimate of drug-likeness (QED) is 0.471.